The van der Waals surface area contributed by atoms with Gasteiger partial charge in [-0.05, 0) is 69.8 Å². The second kappa shape index (κ2) is 8.18. The van der Waals surface area contributed by atoms with Crippen LogP contribution in [0.1, 0.15) is 27.0 Å². The second-order valence-corrected chi connectivity index (χ2v) is 7.91. The summed E-state index contributed by atoms with van der Waals surface area (Å²) in [4.78, 5) is 13.2. The summed E-state index contributed by atoms with van der Waals surface area (Å²) in [6.45, 7) is 0. The van der Waals surface area contributed by atoms with Crippen LogP contribution >= 0.6 is 34.2 Å². The van der Waals surface area contributed by atoms with Crippen LogP contribution in [-0.4, -0.2) is 5.78 Å². The Morgan fingerprint density at radius 1 is 0.750 bits per heavy atom. The molecule has 0 saturated carbocycles. The van der Waals surface area contributed by atoms with E-state index < -0.39 is 0 Å². The molecule has 28 heavy (non-hydrogen) atoms. The molecule has 0 amide bonds. The van der Waals surface area contributed by atoms with Gasteiger partial charge in [-0.15, -0.1) is 0 Å². The molecule has 0 aliphatic rings. The second-order valence-electron chi connectivity index (χ2n) is 6.31. The van der Waals surface area contributed by atoms with Crippen LogP contribution in [0.5, 0.6) is 0 Å². The molecule has 4 aromatic carbocycles. The number of carbonyl (C=O) groups excluding carboxylic acids is 1. The predicted molar refractivity (Wildman–Crippen MR) is 124 cm³/mol. The standard InChI is InChI=1S/C25H14ClIO/c26-22-13-14-23(20(16-22)11-10-18-6-3-4-8-24(18)27)25(28)21-12-9-17-5-1-2-7-19(17)15-21/h1-9,12-16H. The van der Waals surface area contributed by atoms with E-state index in [1.54, 1.807) is 18.2 Å². The van der Waals surface area contributed by atoms with Crippen LogP contribution in [0.25, 0.3) is 10.8 Å². The summed E-state index contributed by atoms with van der Waals surface area (Å²) in [5.41, 5.74) is 2.74. The van der Waals surface area contributed by atoms with Gasteiger partial charge >= 0.3 is 0 Å². The lowest BCUT2D eigenvalue weighted by atomic mass is 9.96. The number of benzene rings is 4. The number of hydrogen-bond donors (Lipinski definition) is 0. The molecule has 0 N–H and O–H groups in total. The van der Waals surface area contributed by atoms with E-state index in [2.05, 4.69) is 34.4 Å². The minimum atomic E-state index is -0.0607. The number of fused-ring (bicyclic) bond motifs is 1. The van der Waals surface area contributed by atoms with Crippen LogP contribution in [0.15, 0.2) is 84.9 Å². The van der Waals surface area contributed by atoms with Crippen LogP contribution in [0.4, 0.5) is 0 Å². The van der Waals surface area contributed by atoms with E-state index in [1.807, 2.05) is 66.7 Å². The molecule has 0 aromatic heterocycles. The Balaban J connectivity index is 1.77. The van der Waals surface area contributed by atoms with E-state index in [-0.39, 0.29) is 5.78 Å². The first-order valence-electron chi connectivity index (χ1n) is 8.71. The van der Waals surface area contributed by atoms with E-state index in [4.69, 9.17) is 11.6 Å². The molecule has 3 heteroatoms. The topological polar surface area (TPSA) is 17.1 Å². The first kappa shape index (κ1) is 18.7. The van der Waals surface area contributed by atoms with Crippen molar-refractivity contribution in [3.8, 4) is 11.8 Å². The minimum absolute atomic E-state index is 0.0607. The molecule has 4 aromatic rings. The number of hydrogen-bond acceptors (Lipinski definition) is 1. The van der Waals surface area contributed by atoms with Gasteiger partial charge < -0.3 is 0 Å². The summed E-state index contributed by atoms with van der Waals surface area (Å²) in [7, 11) is 0. The molecule has 4 rings (SSSR count). The lowest BCUT2D eigenvalue weighted by molar-refractivity contribution is 0.103. The van der Waals surface area contributed by atoms with Crippen LogP contribution in [0.3, 0.4) is 0 Å². The highest BCUT2D eigenvalue weighted by atomic mass is 127. The van der Waals surface area contributed by atoms with Crippen molar-refractivity contribution in [3.05, 3.63) is 116 Å². The van der Waals surface area contributed by atoms with Crippen LogP contribution < -0.4 is 0 Å². The van der Waals surface area contributed by atoms with Crippen LogP contribution in [-0.2, 0) is 0 Å². The van der Waals surface area contributed by atoms with Gasteiger partial charge in [0.2, 0.25) is 0 Å². The third-order valence-corrected chi connectivity index (χ3v) is 5.62. The Kier molecular flexibility index (Phi) is 5.47. The van der Waals surface area contributed by atoms with Gasteiger partial charge in [0.05, 0.1) is 0 Å². The molecule has 134 valence electrons. The summed E-state index contributed by atoms with van der Waals surface area (Å²) < 4.78 is 1.07. The Labute approximate surface area is 182 Å². The molecule has 0 atom stereocenters. The fourth-order valence-corrected chi connectivity index (χ4v) is 3.70. The van der Waals surface area contributed by atoms with Crippen molar-refractivity contribution in [1.82, 2.24) is 0 Å². The predicted octanol–water partition coefficient (Wildman–Crippen LogP) is 6.73. The van der Waals surface area contributed by atoms with Crippen molar-refractivity contribution in [2.45, 2.75) is 0 Å². The van der Waals surface area contributed by atoms with Gasteiger partial charge in [-0.2, -0.15) is 0 Å². The van der Waals surface area contributed by atoms with Gasteiger partial charge in [0, 0.05) is 30.8 Å². The van der Waals surface area contributed by atoms with E-state index in [0.29, 0.717) is 21.7 Å². The summed E-state index contributed by atoms with van der Waals surface area (Å²) >= 11 is 8.43. The molecular weight excluding hydrogens is 479 g/mol. The maximum absolute atomic E-state index is 13.2. The maximum atomic E-state index is 13.2. The zero-order valence-electron chi connectivity index (χ0n) is 14.7. The van der Waals surface area contributed by atoms with E-state index in [0.717, 1.165) is 19.9 Å². The quantitative estimate of drug-likeness (QED) is 0.172. The zero-order chi connectivity index (χ0) is 19.5. The molecule has 1 nitrogen and oxygen atoms in total. The highest BCUT2D eigenvalue weighted by Crippen LogP contribution is 2.22. The number of carbonyl (C=O) groups is 1. The van der Waals surface area contributed by atoms with Gasteiger partial charge in [-0.1, -0.05) is 72.0 Å². The average Bonchev–Trinajstić information content (AvgIpc) is 2.72. The SMILES string of the molecule is O=C(c1ccc2ccccc2c1)c1ccc(Cl)cc1C#Cc1ccccc1I. The van der Waals surface area contributed by atoms with Gasteiger partial charge in [0.15, 0.2) is 5.78 Å². The van der Waals surface area contributed by atoms with Crippen LogP contribution in [0.2, 0.25) is 5.02 Å². The first-order valence-corrected chi connectivity index (χ1v) is 10.2. The molecular formula is C25H14ClIO. The largest absolute Gasteiger partial charge is 0.289 e. The van der Waals surface area contributed by atoms with E-state index >= 15 is 0 Å². The average molecular weight is 493 g/mol. The molecule has 0 bridgehead atoms. The maximum Gasteiger partial charge on any atom is 0.194 e. The molecule has 0 unspecified atom stereocenters. The monoisotopic (exact) mass is 492 g/mol. The fraction of sp³-hybridized carbons (Fsp3) is 0. The Morgan fingerprint density at radius 3 is 2.29 bits per heavy atom. The molecule has 0 fully saturated rings. The van der Waals surface area contributed by atoms with Crippen LogP contribution in [0, 0.1) is 15.4 Å². The van der Waals surface area contributed by atoms with Gasteiger partial charge in [0.25, 0.3) is 0 Å². The molecule has 0 heterocycles. The Hall–Kier alpha value is -2.61. The summed E-state index contributed by atoms with van der Waals surface area (Å²) in [5, 5.41) is 2.70. The number of ketones is 1. The van der Waals surface area contributed by atoms with Crippen molar-refractivity contribution in [3.63, 3.8) is 0 Å². The van der Waals surface area contributed by atoms with E-state index in [1.165, 1.54) is 0 Å². The molecule has 0 saturated heterocycles. The summed E-state index contributed by atoms with van der Waals surface area (Å²) in [5.74, 6) is 6.24. The minimum Gasteiger partial charge on any atom is -0.289 e. The first-order chi connectivity index (χ1) is 13.6. The van der Waals surface area contributed by atoms with E-state index in [9.17, 15) is 4.79 Å². The van der Waals surface area contributed by atoms with Crippen molar-refractivity contribution in [2.24, 2.45) is 0 Å². The van der Waals surface area contributed by atoms with Gasteiger partial charge in [-0.25, -0.2) is 0 Å². The lowest BCUT2D eigenvalue weighted by Gasteiger charge is -2.06. The molecule has 0 spiro atoms. The molecule has 0 aliphatic heterocycles. The summed E-state index contributed by atoms with van der Waals surface area (Å²) in [6.07, 6.45) is 0. The Bertz CT molecular complexity index is 1260. The zero-order valence-corrected chi connectivity index (χ0v) is 17.7. The third kappa shape index (κ3) is 3.96. The van der Waals surface area contributed by atoms with Gasteiger partial charge in [0.1, 0.15) is 0 Å². The highest BCUT2D eigenvalue weighted by Gasteiger charge is 2.14. The molecule has 0 radical (unpaired) electrons. The molecule has 0 aliphatic carbocycles. The number of rotatable bonds is 2. The van der Waals surface area contributed by atoms with Crippen molar-refractivity contribution in [2.75, 3.05) is 0 Å². The fourth-order valence-electron chi connectivity index (χ4n) is 3.00. The summed E-state index contributed by atoms with van der Waals surface area (Å²) in [6, 6.07) is 26.9. The lowest BCUT2D eigenvalue weighted by Crippen LogP contribution is -2.04. The normalized spacial score (nSPS) is 10.4. The number of halogens is 2. The Morgan fingerprint density at radius 2 is 1.46 bits per heavy atom. The highest BCUT2D eigenvalue weighted by molar-refractivity contribution is 14.1. The van der Waals surface area contributed by atoms with Crippen molar-refractivity contribution in [1.29, 1.82) is 0 Å². The van der Waals surface area contributed by atoms with Gasteiger partial charge in [-0.3, -0.25) is 4.79 Å². The van der Waals surface area contributed by atoms with Crippen molar-refractivity contribution >= 4 is 50.7 Å². The smallest absolute Gasteiger partial charge is 0.194 e. The van der Waals surface area contributed by atoms with Crippen molar-refractivity contribution < 1.29 is 4.79 Å². The third-order valence-electron chi connectivity index (χ3n) is 4.44.